The van der Waals surface area contributed by atoms with Gasteiger partial charge in [0.15, 0.2) is 0 Å². The van der Waals surface area contributed by atoms with Crippen molar-refractivity contribution >= 4 is 5.69 Å². The first-order chi connectivity index (χ1) is 6.90. The van der Waals surface area contributed by atoms with Crippen molar-refractivity contribution in [2.75, 3.05) is 11.9 Å². The quantitative estimate of drug-likeness (QED) is 0.736. The first-order valence-electron chi connectivity index (χ1n) is 5.13. The van der Waals surface area contributed by atoms with Gasteiger partial charge in [0.05, 0.1) is 12.5 Å². The van der Waals surface area contributed by atoms with E-state index in [4.69, 9.17) is 5.26 Å². The average Bonchev–Trinajstić information content (AvgIpc) is 2.65. The van der Waals surface area contributed by atoms with Gasteiger partial charge in [-0.2, -0.15) is 5.26 Å². The lowest BCUT2D eigenvalue weighted by Crippen LogP contribution is -2.00. The standard InChI is InChI=1S/C12H14N2/c13-7-2-8-14-12-6-5-10-3-1-4-11(10)9-12/h5-6,9,14H,1-4,8H2. The summed E-state index contributed by atoms with van der Waals surface area (Å²) in [7, 11) is 0. The van der Waals surface area contributed by atoms with Crippen LogP contribution in [-0.4, -0.2) is 6.54 Å². The summed E-state index contributed by atoms with van der Waals surface area (Å²) < 4.78 is 0. The fourth-order valence-electron chi connectivity index (χ4n) is 1.94. The molecule has 0 radical (unpaired) electrons. The van der Waals surface area contributed by atoms with Gasteiger partial charge < -0.3 is 5.32 Å². The van der Waals surface area contributed by atoms with Crippen LogP contribution < -0.4 is 5.32 Å². The van der Waals surface area contributed by atoms with Crippen molar-refractivity contribution in [2.45, 2.75) is 25.7 Å². The highest BCUT2D eigenvalue weighted by Crippen LogP contribution is 2.24. The molecule has 1 N–H and O–H groups in total. The highest BCUT2D eigenvalue weighted by atomic mass is 14.9. The number of benzene rings is 1. The number of hydrogen-bond donors (Lipinski definition) is 1. The summed E-state index contributed by atoms with van der Waals surface area (Å²) in [6, 6.07) is 8.67. The maximum atomic E-state index is 8.41. The van der Waals surface area contributed by atoms with Gasteiger partial charge in [-0.15, -0.1) is 0 Å². The summed E-state index contributed by atoms with van der Waals surface area (Å²) in [5, 5.41) is 11.7. The Bertz CT molecular complexity index is 363. The molecule has 0 heterocycles. The van der Waals surface area contributed by atoms with E-state index < -0.39 is 0 Å². The van der Waals surface area contributed by atoms with Crippen LogP contribution in [0.2, 0.25) is 0 Å². The number of rotatable bonds is 3. The Hall–Kier alpha value is -1.49. The van der Waals surface area contributed by atoms with E-state index >= 15 is 0 Å². The second kappa shape index (κ2) is 4.15. The molecular weight excluding hydrogens is 172 g/mol. The number of nitrogens with one attached hydrogen (secondary N) is 1. The largest absolute Gasteiger partial charge is 0.384 e. The molecule has 72 valence electrons. The van der Waals surface area contributed by atoms with Gasteiger partial charge in [-0.25, -0.2) is 0 Å². The summed E-state index contributed by atoms with van der Waals surface area (Å²) in [5.41, 5.74) is 4.13. The van der Waals surface area contributed by atoms with E-state index in [0.29, 0.717) is 6.42 Å². The number of nitrogens with zero attached hydrogens (tertiary/aromatic N) is 1. The van der Waals surface area contributed by atoms with Crippen molar-refractivity contribution in [3.63, 3.8) is 0 Å². The van der Waals surface area contributed by atoms with Crippen LogP contribution in [0.5, 0.6) is 0 Å². The van der Waals surface area contributed by atoms with Crippen LogP contribution in [0.25, 0.3) is 0 Å². The molecule has 1 aromatic carbocycles. The highest BCUT2D eigenvalue weighted by Gasteiger charge is 2.10. The minimum absolute atomic E-state index is 0.567. The second-order valence-electron chi connectivity index (χ2n) is 3.67. The molecule has 1 aliphatic rings. The Morgan fingerprint density at radius 3 is 3.00 bits per heavy atom. The summed E-state index contributed by atoms with van der Waals surface area (Å²) in [6.07, 6.45) is 4.30. The van der Waals surface area contributed by atoms with Crippen molar-refractivity contribution < 1.29 is 0 Å². The Kier molecular flexibility index (Phi) is 2.69. The molecule has 2 rings (SSSR count). The van der Waals surface area contributed by atoms with Crippen LogP contribution in [0.15, 0.2) is 18.2 Å². The Morgan fingerprint density at radius 2 is 2.14 bits per heavy atom. The lowest BCUT2D eigenvalue weighted by Gasteiger charge is -2.06. The summed E-state index contributed by atoms with van der Waals surface area (Å²) in [5.74, 6) is 0. The zero-order valence-corrected chi connectivity index (χ0v) is 8.21. The smallest absolute Gasteiger partial charge is 0.0640 e. The Labute approximate surface area is 84.6 Å². The summed E-state index contributed by atoms with van der Waals surface area (Å²) >= 11 is 0. The normalized spacial score (nSPS) is 13.4. The molecule has 0 bridgehead atoms. The topological polar surface area (TPSA) is 35.8 Å². The molecule has 14 heavy (non-hydrogen) atoms. The van der Waals surface area contributed by atoms with Crippen LogP contribution in [0.4, 0.5) is 5.69 Å². The van der Waals surface area contributed by atoms with Gasteiger partial charge in [0.25, 0.3) is 0 Å². The molecular formula is C12H14N2. The van der Waals surface area contributed by atoms with Crippen LogP contribution in [-0.2, 0) is 12.8 Å². The van der Waals surface area contributed by atoms with Gasteiger partial charge in [-0.3, -0.25) is 0 Å². The second-order valence-corrected chi connectivity index (χ2v) is 3.67. The first-order valence-corrected chi connectivity index (χ1v) is 5.13. The average molecular weight is 186 g/mol. The van der Waals surface area contributed by atoms with E-state index in [-0.39, 0.29) is 0 Å². The van der Waals surface area contributed by atoms with Crippen LogP contribution >= 0.6 is 0 Å². The van der Waals surface area contributed by atoms with Crippen molar-refractivity contribution in [1.82, 2.24) is 0 Å². The molecule has 0 spiro atoms. The predicted octanol–water partition coefficient (Wildman–Crippen LogP) is 2.50. The fourth-order valence-corrected chi connectivity index (χ4v) is 1.94. The zero-order chi connectivity index (χ0) is 9.80. The SMILES string of the molecule is N#CCCNc1ccc2c(c1)CCC2. The summed E-state index contributed by atoms with van der Waals surface area (Å²) in [4.78, 5) is 0. The summed E-state index contributed by atoms with van der Waals surface area (Å²) in [6.45, 7) is 0.745. The zero-order valence-electron chi connectivity index (χ0n) is 8.21. The minimum atomic E-state index is 0.567. The maximum Gasteiger partial charge on any atom is 0.0640 e. The van der Waals surface area contributed by atoms with Gasteiger partial charge in [-0.1, -0.05) is 6.07 Å². The van der Waals surface area contributed by atoms with Crippen molar-refractivity contribution in [2.24, 2.45) is 0 Å². The van der Waals surface area contributed by atoms with Gasteiger partial charge in [0.1, 0.15) is 0 Å². The number of anilines is 1. The molecule has 0 atom stereocenters. The third kappa shape index (κ3) is 1.88. The molecule has 0 unspecified atom stereocenters. The molecule has 1 aromatic rings. The van der Waals surface area contributed by atoms with Crippen LogP contribution in [0.1, 0.15) is 24.0 Å². The van der Waals surface area contributed by atoms with Gasteiger partial charge in [0, 0.05) is 12.2 Å². The van der Waals surface area contributed by atoms with E-state index in [2.05, 4.69) is 29.6 Å². The molecule has 2 heteroatoms. The molecule has 0 amide bonds. The van der Waals surface area contributed by atoms with E-state index in [0.717, 1.165) is 12.2 Å². The van der Waals surface area contributed by atoms with Gasteiger partial charge >= 0.3 is 0 Å². The number of aryl methyl sites for hydroxylation is 2. The Balaban J connectivity index is 2.02. The lowest BCUT2D eigenvalue weighted by atomic mass is 10.1. The molecule has 0 fully saturated rings. The van der Waals surface area contributed by atoms with Crippen LogP contribution in [0, 0.1) is 11.3 Å². The number of nitriles is 1. The molecule has 1 aliphatic carbocycles. The van der Waals surface area contributed by atoms with Gasteiger partial charge in [0.2, 0.25) is 0 Å². The van der Waals surface area contributed by atoms with Crippen LogP contribution in [0.3, 0.4) is 0 Å². The molecule has 0 saturated heterocycles. The monoisotopic (exact) mass is 186 g/mol. The van der Waals surface area contributed by atoms with E-state index in [1.165, 1.54) is 30.4 Å². The van der Waals surface area contributed by atoms with Crippen molar-refractivity contribution in [3.05, 3.63) is 29.3 Å². The van der Waals surface area contributed by atoms with Gasteiger partial charge in [-0.05, 0) is 42.5 Å². The predicted molar refractivity (Wildman–Crippen MR) is 57.2 cm³/mol. The third-order valence-corrected chi connectivity index (χ3v) is 2.66. The van der Waals surface area contributed by atoms with Crippen molar-refractivity contribution in [3.8, 4) is 6.07 Å². The van der Waals surface area contributed by atoms with E-state index in [9.17, 15) is 0 Å². The minimum Gasteiger partial charge on any atom is -0.384 e. The van der Waals surface area contributed by atoms with E-state index in [1.54, 1.807) is 0 Å². The highest BCUT2D eigenvalue weighted by molar-refractivity contribution is 5.50. The molecule has 2 nitrogen and oxygen atoms in total. The van der Waals surface area contributed by atoms with E-state index in [1.807, 2.05) is 0 Å². The molecule has 0 saturated carbocycles. The molecule has 0 aromatic heterocycles. The Morgan fingerprint density at radius 1 is 1.29 bits per heavy atom. The van der Waals surface area contributed by atoms with Crippen molar-refractivity contribution in [1.29, 1.82) is 5.26 Å². The number of hydrogen-bond acceptors (Lipinski definition) is 2. The maximum absolute atomic E-state index is 8.41. The first kappa shape index (κ1) is 9.08. The molecule has 0 aliphatic heterocycles. The fraction of sp³-hybridized carbons (Fsp3) is 0.417. The number of fused-ring (bicyclic) bond motifs is 1. The third-order valence-electron chi connectivity index (χ3n) is 2.66. The lowest BCUT2D eigenvalue weighted by molar-refractivity contribution is 0.912.